The highest BCUT2D eigenvalue weighted by Gasteiger charge is 2.44. The molecule has 1 aromatic carbocycles. The Morgan fingerprint density at radius 3 is 2.33 bits per heavy atom. The second-order valence-corrected chi connectivity index (χ2v) is 7.82. The van der Waals surface area contributed by atoms with E-state index in [0.29, 0.717) is 17.3 Å². The molecular weight excluding hydrogens is 406 g/mol. The normalized spacial score (nSPS) is 29.5. The zero-order valence-corrected chi connectivity index (χ0v) is 15.3. The third kappa shape index (κ3) is 6.29. The number of ether oxygens (including phenoxy) is 1. The van der Waals surface area contributed by atoms with E-state index in [1.54, 1.807) is 0 Å². The molecule has 6 N–H and O–H groups in total. The summed E-state index contributed by atoms with van der Waals surface area (Å²) in [6.07, 6.45) is -5.93. The number of nitrogens with zero attached hydrogens (tertiary/aromatic N) is 1. The standard InChI is InChI=1S/C14H19NO10S2/c16-6-9-11(18)12(19)13(20)14(24-9)26-10(15-25-27(21,22)23)5-7-1-3-8(17)4-2-7/h1-4,9,11-14,16-20H,5-6H2,(H,21,22,23)/b15-10-. The molecule has 0 aliphatic carbocycles. The number of phenolic OH excluding ortho intramolecular Hbond substituents is 1. The summed E-state index contributed by atoms with van der Waals surface area (Å²) in [5.74, 6) is 0.00742. The zero-order valence-electron chi connectivity index (χ0n) is 13.7. The van der Waals surface area contributed by atoms with Gasteiger partial charge in [0.15, 0.2) is 0 Å². The molecule has 0 amide bonds. The Bertz CT molecular complexity index is 752. The Balaban J connectivity index is 2.20. The molecule has 1 aliphatic rings. The van der Waals surface area contributed by atoms with Gasteiger partial charge in [0.05, 0.1) is 6.61 Å². The third-order valence-electron chi connectivity index (χ3n) is 3.63. The molecule has 1 fully saturated rings. The average Bonchev–Trinajstić information content (AvgIpc) is 2.61. The van der Waals surface area contributed by atoms with Crippen LogP contribution in [-0.4, -0.2) is 80.0 Å². The molecule has 2 rings (SSSR count). The van der Waals surface area contributed by atoms with E-state index in [0.717, 1.165) is 0 Å². The summed E-state index contributed by atoms with van der Waals surface area (Å²) < 4.78 is 39.6. The van der Waals surface area contributed by atoms with Gasteiger partial charge in [-0.3, -0.25) is 4.55 Å². The second kappa shape index (κ2) is 9.16. The molecule has 0 radical (unpaired) electrons. The molecule has 11 nitrogen and oxygen atoms in total. The van der Waals surface area contributed by atoms with Gasteiger partial charge in [-0.1, -0.05) is 29.1 Å². The minimum Gasteiger partial charge on any atom is -0.508 e. The Hall–Kier alpha value is -1.45. The first-order valence-corrected chi connectivity index (χ1v) is 9.83. The maximum Gasteiger partial charge on any atom is 0.466 e. The monoisotopic (exact) mass is 425 g/mol. The summed E-state index contributed by atoms with van der Waals surface area (Å²) in [7, 11) is -4.88. The van der Waals surface area contributed by atoms with Crippen LogP contribution in [-0.2, 0) is 25.8 Å². The van der Waals surface area contributed by atoms with Crippen LogP contribution in [0.5, 0.6) is 5.75 Å². The van der Waals surface area contributed by atoms with E-state index in [1.807, 2.05) is 0 Å². The Morgan fingerprint density at radius 1 is 1.15 bits per heavy atom. The molecule has 1 saturated heterocycles. The summed E-state index contributed by atoms with van der Waals surface area (Å²) >= 11 is 0.671. The number of rotatable bonds is 6. The largest absolute Gasteiger partial charge is 0.508 e. The van der Waals surface area contributed by atoms with Crippen molar-refractivity contribution in [1.82, 2.24) is 0 Å². The Kier molecular flexibility index (Phi) is 7.41. The lowest BCUT2D eigenvalue weighted by Crippen LogP contribution is -2.57. The predicted molar refractivity (Wildman–Crippen MR) is 93.2 cm³/mol. The summed E-state index contributed by atoms with van der Waals surface area (Å²) in [6.45, 7) is -0.631. The number of hydrogen-bond acceptors (Lipinski definition) is 11. The smallest absolute Gasteiger partial charge is 0.466 e. The molecule has 0 aromatic heterocycles. The minimum atomic E-state index is -4.88. The number of aliphatic hydroxyl groups is 4. The fourth-order valence-electron chi connectivity index (χ4n) is 2.27. The Labute approximate surface area is 158 Å². The van der Waals surface area contributed by atoms with Crippen LogP contribution in [0.1, 0.15) is 5.56 Å². The van der Waals surface area contributed by atoms with Gasteiger partial charge in [0, 0.05) is 6.42 Å². The topological polar surface area (TPSA) is 186 Å². The van der Waals surface area contributed by atoms with Crippen molar-refractivity contribution in [2.75, 3.05) is 6.61 Å². The van der Waals surface area contributed by atoms with Crippen LogP contribution in [0.4, 0.5) is 0 Å². The number of phenols is 1. The van der Waals surface area contributed by atoms with Crippen LogP contribution in [0.25, 0.3) is 0 Å². The fraction of sp³-hybridized carbons (Fsp3) is 0.500. The van der Waals surface area contributed by atoms with Gasteiger partial charge < -0.3 is 30.3 Å². The molecule has 27 heavy (non-hydrogen) atoms. The first kappa shape index (κ1) is 21.8. The summed E-state index contributed by atoms with van der Waals surface area (Å²) in [6, 6.07) is 5.81. The first-order valence-electron chi connectivity index (χ1n) is 7.58. The third-order valence-corrected chi connectivity index (χ3v) is 5.00. The van der Waals surface area contributed by atoms with E-state index in [-0.39, 0.29) is 17.2 Å². The summed E-state index contributed by atoms with van der Waals surface area (Å²) in [5, 5.41) is 51.4. The van der Waals surface area contributed by atoms with Crippen LogP contribution in [0, 0.1) is 0 Å². The van der Waals surface area contributed by atoms with Gasteiger partial charge in [0.1, 0.15) is 40.6 Å². The SMILES string of the molecule is O=S(=O)(O)O/N=C(/Cc1ccc(O)cc1)SC1OC(CO)C(O)C(O)C1O. The molecule has 5 atom stereocenters. The van der Waals surface area contributed by atoms with Crippen molar-refractivity contribution in [3.63, 3.8) is 0 Å². The quantitative estimate of drug-likeness (QED) is 0.136. The van der Waals surface area contributed by atoms with Crippen molar-refractivity contribution < 1.29 is 47.5 Å². The molecule has 0 saturated carbocycles. The minimum absolute atomic E-state index is 0.00742. The lowest BCUT2D eigenvalue weighted by atomic mass is 10.0. The maximum absolute atomic E-state index is 10.8. The van der Waals surface area contributed by atoms with E-state index >= 15 is 0 Å². The van der Waals surface area contributed by atoms with E-state index in [2.05, 4.69) is 9.44 Å². The molecule has 152 valence electrons. The van der Waals surface area contributed by atoms with Crippen LogP contribution in [0.3, 0.4) is 0 Å². The van der Waals surface area contributed by atoms with Crippen molar-refractivity contribution in [2.24, 2.45) is 5.16 Å². The highest BCUT2D eigenvalue weighted by molar-refractivity contribution is 8.14. The van der Waals surface area contributed by atoms with E-state index < -0.39 is 46.9 Å². The molecule has 0 spiro atoms. The predicted octanol–water partition coefficient (Wildman–Crippen LogP) is -1.40. The van der Waals surface area contributed by atoms with Gasteiger partial charge in [-0.25, -0.2) is 4.28 Å². The highest BCUT2D eigenvalue weighted by Crippen LogP contribution is 2.30. The second-order valence-electron chi connectivity index (χ2n) is 5.65. The first-order chi connectivity index (χ1) is 12.6. The van der Waals surface area contributed by atoms with E-state index in [4.69, 9.17) is 9.29 Å². The lowest BCUT2D eigenvalue weighted by molar-refractivity contribution is -0.205. The van der Waals surface area contributed by atoms with Crippen LogP contribution < -0.4 is 0 Å². The number of thioether (sulfide) groups is 1. The van der Waals surface area contributed by atoms with Crippen molar-refractivity contribution in [3.05, 3.63) is 29.8 Å². The van der Waals surface area contributed by atoms with Crippen LogP contribution >= 0.6 is 11.8 Å². The summed E-state index contributed by atoms with van der Waals surface area (Å²) in [4.78, 5) is 0. The molecule has 5 unspecified atom stereocenters. The van der Waals surface area contributed by atoms with Crippen LogP contribution in [0.15, 0.2) is 29.4 Å². The fourth-order valence-corrected chi connectivity index (χ4v) is 3.60. The molecule has 1 aliphatic heterocycles. The lowest BCUT2D eigenvalue weighted by Gasteiger charge is -2.39. The molecule has 13 heteroatoms. The van der Waals surface area contributed by atoms with Crippen molar-refractivity contribution in [1.29, 1.82) is 0 Å². The molecule has 1 heterocycles. The van der Waals surface area contributed by atoms with Crippen LogP contribution in [0.2, 0.25) is 0 Å². The van der Waals surface area contributed by atoms with Crippen molar-refractivity contribution in [3.8, 4) is 5.75 Å². The van der Waals surface area contributed by atoms with E-state index in [9.17, 15) is 34.0 Å². The average molecular weight is 425 g/mol. The maximum atomic E-state index is 10.8. The zero-order chi connectivity index (χ0) is 20.2. The molecule has 1 aromatic rings. The van der Waals surface area contributed by atoms with Gasteiger partial charge in [-0.2, -0.15) is 8.42 Å². The Morgan fingerprint density at radius 2 is 1.78 bits per heavy atom. The van der Waals surface area contributed by atoms with Crippen molar-refractivity contribution >= 4 is 27.2 Å². The molecule has 0 bridgehead atoms. The summed E-state index contributed by atoms with van der Waals surface area (Å²) in [5.41, 5.74) is -0.649. The number of oxime groups is 1. The number of aromatic hydroxyl groups is 1. The highest BCUT2D eigenvalue weighted by atomic mass is 32.3. The molecular formula is C14H19NO10S2. The number of benzene rings is 1. The number of hydrogen-bond donors (Lipinski definition) is 6. The van der Waals surface area contributed by atoms with E-state index in [1.165, 1.54) is 24.3 Å². The van der Waals surface area contributed by atoms with Crippen molar-refractivity contribution in [2.45, 2.75) is 36.3 Å². The van der Waals surface area contributed by atoms with Gasteiger partial charge in [0.25, 0.3) is 0 Å². The van der Waals surface area contributed by atoms with Gasteiger partial charge >= 0.3 is 10.4 Å². The van der Waals surface area contributed by atoms with Gasteiger partial charge in [-0.05, 0) is 17.7 Å². The number of aliphatic hydroxyl groups excluding tert-OH is 4. The van der Waals surface area contributed by atoms with Gasteiger partial charge in [0.2, 0.25) is 0 Å². The van der Waals surface area contributed by atoms with Gasteiger partial charge in [-0.15, -0.1) is 0 Å².